The van der Waals surface area contributed by atoms with Crippen LogP contribution in [0.2, 0.25) is 0 Å². The summed E-state index contributed by atoms with van der Waals surface area (Å²) < 4.78 is 28.8. The van der Waals surface area contributed by atoms with Crippen molar-refractivity contribution in [1.29, 1.82) is 0 Å². The third-order valence-electron chi connectivity index (χ3n) is 7.39. The van der Waals surface area contributed by atoms with E-state index in [0.717, 1.165) is 36.0 Å². The highest BCUT2D eigenvalue weighted by Gasteiger charge is 2.31. The standard InChI is InChI=1S/C29H35N3O7/c1-16-10-25(39-19(4)33)18(3)24-11-20(8-9-23(16)24)17(2)29(34)38-15-21-14-32(31-30-21)22-12-26(35-5)28(37-7)27(13-22)36-6/h10,12-14,17,20H,8-9,11,15H2,1-7H3/t17-,20-/m1/s1. The lowest BCUT2D eigenvalue weighted by Crippen LogP contribution is -2.29. The fraction of sp³-hybridized carbons (Fsp3) is 0.448. The molecule has 10 heteroatoms. The van der Waals surface area contributed by atoms with Crippen molar-refractivity contribution in [2.24, 2.45) is 11.8 Å². The number of hydrogen-bond donors (Lipinski definition) is 0. The van der Waals surface area contributed by atoms with Crippen LogP contribution in [-0.4, -0.2) is 48.3 Å². The second kappa shape index (κ2) is 11.8. The average molecular weight is 538 g/mol. The van der Waals surface area contributed by atoms with Crippen molar-refractivity contribution in [2.45, 2.75) is 53.6 Å². The number of ether oxygens (including phenoxy) is 5. The zero-order valence-corrected chi connectivity index (χ0v) is 23.5. The highest BCUT2D eigenvalue weighted by Crippen LogP contribution is 2.40. The van der Waals surface area contributed by atoms with Crippen molar-refractivity contribution >= 4 is 11.9 Å². The van der Waals surface area contributed by atoms with Crippen molar-refractivity contribution in [2.75, 3.05) is 21.3 Å². The van der Waals surface area contributed by atoms with E-state index < -0.39 is 0 Å². The predicted octanol–water partition coefficient (Wildman–Crippen LogP) is 4.32. The first-order valence-electron chi connectivity index (χ1n) is 12.8. The largest absolute Gasteiger partial charge is 0.493 e. The molecule has 39 heavy (non-hydrogen) atoms. The maximum atomic E-state index is 13.0. The molecule has 10 nitrogen and oxygen atoms in total. The van der Waals surface area contributed by atoms with Crippen molar-refractivity contribution < 1.29 is 33.3 Å². The minimum Gasteiger partial charge on any atom is -0.493 e. The minimum atomic E-state index is -0.344. The summed E-state index contributed by atoms with van der Waals surface area (Å²) in [6.07, 6.45) is 4.17. The Labute approximate surface area is 228 Å². The summed E-state index contributed by atoms with van der Waals surface area (Å²) in [5.41, 5.74) is 5.67. The van der Waals surface area contributed by atoms with Gasteiger partial charge in [-0.15, -0.1) is 5.10 Å². The minimum absolute atomic E-state index is 0.00560. The van der Waals surface area contributed by atoms with E-state index in [2.05, 4.69) is 10.3 Å². The van der Waals surface area contributed by atoms with Crippen LogP contribution in [0.15, 0.2) is 24.4 Å². The summed E-state index contributed by atoms with van der Waals surface area (Å²) in [5, 5.41) is 8.32. The number of aromatic nitrogens is 3. The van der Waals surface area contributed by atoms with E-state index >= 15 is 0 Å². The number of fused-ring (bicyclic) bond motifs is 1. The van der Waals surface area contributed by atoms with Crippen molar-refractivity contribution in [3.8, 4) is 28.7 Å². The zero-order chi connectivity index (χ0) is 28.3. The number of benzene rings is 2. The molecule has 0 bridgehead atoms. The van der Waals surface area contributed by atoms with Crippen LogP contribution in [0.1, 0.15) is 48.2 Å². The summed E-state index contributed by atoms with van der Waals surface area (Å²) in [4.78, 5) is 24.6. The monoisotopic (exact) mass is 537 g/mol. The first kappa shape index (κ1) is 27.9. The van der Waals surface area contributed by atoms with Gasteiger partial charge in [0.2, 0.25) is 5.75 Å². The molecule has 1 heterocycles. The molecule has 0 aliphatic heterocycles. The second-order valence-corrected chi connectivity index (χ2v) is 9.80. The molecule has 0 amide bonds. The lowest BCUT2D eigenvalue weighted by molar-refractivity contribution is -0.151. The van der Waals surface area contributed by atoms with E-state index in [1.807, 2.05) is 26.8 Å². The molecule has 1 aliphatic rings. The lowest BCUT2D eigenvalue weighted by atomic mass is 9.75. The van der Waals surface area contributed by atoms with Crippen molar-refractivity contribution in [1.82, 2.24) is 15.0 Å². The summed E-state index contributed by atoms with van der Waals surface area (Å²) >= 11 is 0. The van der Waals surface area contributed by atoms with Gasteiger partial charge in [-0.05, 0) is 67.3 Å². The Bertz CT molecular complexity index is 1360. The van der Waals surface area contributed by atoms with E-state index in [9.17, 15) is 9.59 Å². The number of nitrogens with zero attached hydrogens (tertiary/aromatic N) is 3. The smallest absolute Gasteiger partial charge is 0.309 e. The summed E-state index contributed by atoms with van der Waals surface area (Å²) in [6, 6.07) is 5.44. The summed E-state index contributed by atoms with van der Waals surface area (Å²) in [7, 11) is 4.62. The van der Waals surface area contributed by atoms with Crippen LogP contribution in [-0.2, 0) is 33.8 Å². The fourth-order valence-electron chi connectivity index (χ4n) is 5.17. The van der Waals surface area contributed by atoms with Crippen LogP contribution in [0.5, 0.6) is 23.0 Å². The lowest BCUT2D eigenvalue weighted by Gasteiger charge is -2.31. The molecule has 0 saturated heterocycles. The number of aryl methyl sites for hydroxylation is 1. The predicted molar refractivity (Wildman–Crippen MR) is 143 cm³/mol. The van der Waals surface area contributed by atoms with E-state index in [0.29, 0.717) is 34.4 Å². The Hall–Kier alpha value is -4.08. The first-order chi connectivity index (χ1) is 18.7. The van der Waals surface area contributed by atoms with Gasteiger partial charge in [-0.1, -0.05) is 12.1 Å². The Morgan fingerprint density at radius 3 is 2.33 bits per heavy atom. The van der Waals surface area contributed by atoms with E-state index in [1.54, 1.807) is 37.2 Å². The molecule has 208 valence electrons. The molecule has 0 radical (unpaired) electrons. The number of methoxy groups -OCH3 is 3. The van der Waals surface area contributed by atoms with Gasteiger partial charge in [-0.25, -0.2) is 4.68 Å². The zero-order valence-electron chi connectivity index (χ0n) is 23.5. The van der Waals surface area contributed by atoms with Crippen LogP contribution in [0.3, 0.4) is 0 Å². The van der Waals surface area contributed by atoms with E-state index in [-0.39, 0.29) is 30.4 Å². The van der Waals surface area contributed by atoms with Gasteiger partial charge in [-0.3, -0.25) is 9.59 Å². The number of rotatable bonds is 9. The number of hydrogen-bond acceptors (Lipinski definition) is 9. The maximum Gasteiger partial charge on any atom is 0.309 e. The maximum absolute atomic E-state index is 13.0. The van der Waals surface area contributed by atoms with Gasteiger partial charge < -0.3 is 23.7 Å². The Kier molecular flexibility index (Phi) is 8.42. The van der Waals surface area contributed by atoms with Gasteiger partial charge in [0.05, 0.1) is 39.1 Å². The average Bonchev–Trinajstić information content (AvgIpc) is 3.41. The van der Waals surface area contributed by atoms with Crippen molar-refractivity contribution in [3.63, 3.8) is 0 Å². The van der Waals surface area contributed by atoms with Gasteiger partial charge in [0.25, 0.3) is 0 Å². The van der Waals surface area contributed by atoms with Gasteiger partial charge in [-0.2, -0.15) is 0 Å². The first-order valence-corrected chi connectivity index (χ1v) is 12.8. The van der Waals surface area contributed by atoms with Crippen LogP contribution < -0.4 is 18.9 Å². The highest BCUT2D eigenvalue weighted by atomic mass is 16.5. The highest BCUT2D eigenvalue weighted by molar-refractivity contribution is 5.73. The number of carbonyl (C=O) groups excluding carboxylic acids is 2. The molecule has 1 aromatic heterocycles. The van der Waals surface area contributed by atoms with Crippen LogP contribution in [0, 0.1) is 25.7 Å². The molecule has 2 aromatic carbocycles. The summed E-state index contributed by atoms with van der Waals surface area (Å²) in [5.74, 6) is 1.23. The topological polar surface area (TPSA) is 111 Å². The second-order valence-electron chi connectivity index (χ2n) is 9.80. The van der Waals surface area contributed by atoms with Crippen molar-refractivity contribution in [3.05, 3.63) is 52.3 Å². The van der Waals surface area contributed by atoms with E-state index in [4.69, 9.17) is 23.7 Å². The van der Waals surface area contributed by atoms with Crippen LogP contribution in [0.25, 0.3) is 5.69 Å². The Morgan fingerprint density at radius 1 is 1.03 bits per heavy atom. The van der Waals surface area contributed by atoms with Gasteiger partial charge in [0.1, 0.15) is 18.1 Å². The van der Waals surface area contributed by atoms with Crippen LogP contribution >= 0.6 is 0 Å². The Morgan fingerprint density at radius 2 is 1.72 bits per heavy atom. The van der Waals surface area contributed by atoms with E-state index in [1.165, 1.54) is 19.6 Å². The SMILES string of the molecule is COc1cc(-n2cc(COC(=O)[C@H](C)[C@@H]3CCc4c(C)cc(OC(C)=O)c(C)c4C3)nn2)cc(OC)c1OC. The fourth-order valence-corrected chi connectivity index (χ4v) is 5.17. The third kappa shape index (κ3) is 5.84. The van der Waals surface area contributed by atoms with Gasteiger partial charge in [0.15, 0.2) is 11.5 Å². The third-order valence-corrected chi connectivity index (χ3v) is 7.39. The Balaban J connectivity index is 1.43. The number of esters is 2. The molecule has 2 atom stereocenters. The van der Waals surface area contributed by atoms with Gasteiger partial charge >= 0.3 is 11.9 Å². The molecule has 0 saturated carbocycles. The number of carbonyl (C=O) groups is 2. The molecule has 0 N–H and O–H groups in total. The van der Waals surface area contributed by atoms with Gasteiger partial charge in [0, 0.05) is 19.1 Å². The molecular formula is C29H35N3O7. The molecule has 0 fully saturated rings. The molecule has 1 aliphatic carbocycles. The quantitative estimate of drug-likeness (QED) is 0.291. The van der Waals surface area contributed by atoms with Crippen LogP contribution in [0.4, 0.5) is 0 Å². The normalized spacial score (nSPS) is 15.2. The molecule has 0 spiro atoms. The molecule has 3 aromatic rings. The molecule has 0 unspecified atom stereocenters. The molecule has 4 rings (SSSR count). The summed E-state index contributed by atoms with van der Waals surface area (Å²) in [6.45, 7) is 7.32. The molecular weight excluding hydrogens is 502 g/mol.